The second-order valence-corrected chi connectivity index (χ2v) is 6.82. The lowest BCUT2D eigenvalue weighted by molar-refractivity contribution is 0.306. The van der Waals surface area contributed by atoms with Gasteiger partial charge in [-0.15, -0.1) is 0 Å². The van der Waals surface area contributed by atoms with Crippen molar-refractivity contribution in [1.82, 2.24) is 0 Å². The van der Waals surface area contributed by atoms with Gasteiger partial charge < -0.3 is 14.8 Å². The highest BCUT2D eigenvalue weighted by Gasteiger charge is 2.04. The fourth-order valence-electron chi connectivity index (χ4n) is 2.92. The predicted molar refractivity (Wildman–Crippen MR) is 116 cm³/mol. The van der Waals surface area contributed by atoms with Gasteiger partial charge in [0.25, 0.3) is 0 Å². The summed E-state index contributed by atoms with van der Waals surface area (Å²) in [5, 5.41) is 3.48. The first-order valence-corrected chi connectivity index (χ1v) is 10.1. The van der Waals surface area contributed by atoms with Crippen LogP contribution in [-0.4, -0.2) is 6.61 Å². The van der Waals surface area contributed by atoms with Crippen LogP contribution in [0.2, 0.25) is 0 Å². The SMILES string of the molecule is CCCCCOc1ccc(CNc2ccccc2OCc2ccccc2)cc1. The Bertz CT molecular complexity index is 815. The molecule has 1 N–H and O–H groups in total. The highest BCUT2D eigenvalue weighted by molar-refractivity contribution is 5.56. The largest absolute Gasteiger partial charge is 0.494 e. The monoisotopic (exact) mass is 375 g/mol. The number of hydrogen-bond donors (Lipinski definition) is 1. The third kappa shape index (κ3) is 6.34. The van der Waals surface area contributed by atoms with Crippen LogP contribution in [0.1, 0.15) is 37.3 Å². The molecule has 0 spiro atoms. The molecule has 0 unspecified atom stereocenters. The fraction of sp³-hybridized carbons (Fsp3) is 0.280. The van der Waals surface area contributed by atoms with Crippen molar-refractivity contribution in [3.63, 3.8) is 0 Å². The molecular formula is C25H29NO2. The van der Waals surface area contributed by atoms with E-state index in [0.717, 1.165) is 42.3 Å². The number of benzene rings is 3. The molecule has 0 atom stereocenters. The van der Waals surface area contributed by atoms with E-state index in [9.17, 15) is 0 Å². The van der Waals surface area contributed by atoms with Crippen molar-refractivity contribution in [3.8, 4) is 11.5 Å². The molecule has 3 aromatic carbocycles. The summed E-state index contributed by atoms with van der Waals surface area (Å²) >= 11 is 0. The molecule has 0 saturated heterocycles. The molecule has 0 aromatic heterocycles. The van der Waals surface area contributed by atoms with E-state index in [1.165, 1.54) is 18.4 Å². The molecular weight excluding hydrogens is 346 g/mol. The van der Waals surface area contributed by atoms with Crippen LogP contribution in [0.5, 0.6) is 11.5 Å². The lowest BCUT2D eigenvalue weighted by atomic mass is 10.2. The van der Waals surface area contributed by atoms with Gasteiger partial charge in [-0.2, -0.15) is 0 Å². The van der Waals surface area contributed by atoms with Crippen LogP contribution in [0.3, 0.4) is 0 Å². The summed E-state index contributed by atoms with van der Waals surface area (Å²) in [4.78, 5) is 0. The molecule has 0 aliphatic heterocycles. The minimum Gasteiger partial charge on any atom is -0.494 e. The topological polar surface area (TPSA) is 30.5 Å². The Morgan fingerprint density at radius 1 is 0.714 bits per heavy atom. The molecule has 3 aromatic rings. The molecule has 0 amide bonds. The Hall–Kier alpha value is -2.94. The third-order valence-corrected chi connectivity index (χ3v) is 4.55. The van der Waals surface area contributed by atoms with Gasteiger partial charge in [0.15, 0.2) is 0 Å². The molecule has 0 heterocycles. The zero-order chi connectivity index (χ0) is 19.4. The molecule has 146 valence electrons. The molecule has 0 aliphatic carbocycles. The van der Waals surface area contributed by atoms with Crippen LogP contribution < -0.4 is 14.8 Å². The molecule has 0 fully saturated rings. The minimum absolute atomic E-state index is 0.559. The van der Waals surface area contributed by atoms with Gasteiger partial charge in [0.1, 0.15) is 18.1 Å². The van der Waals surface area contributed by atoms with Crippen molar-refractivity contribution >= 4 is 5.69 Å². The van der Waals surface area contributed by atoms with E-state index in [2.05, 4.69) is 36.5 Å². The van der Waals surface area contributed by atoms with Gasteiger partial charge >= 0.3 is 0 Å². The summed E-state index contributed by atoms with van der Waals surface area (Å²) in [6.45, 7) is 4.29. The number of hydrogen-bond acceptors (Lipinski definition) is 3. The first-order chi connectivity index (χ1) is 13.8. The van der Waals surface area contributed by atoms with Gasteiger partial charge in [0.05, 0.1) is 12.3 Å². The zero-order valence-electron chi connectivity index (χ0n) is 16.6. The van der Waals surface area contributed by atoms with E-state index >= 15 is 0 Å². The van der Waals surface area contributed by atoms with Crippen LogP contribution in [0.15, 0.2) is 78.9 Å². The Kier molecular flexibility index (Phi) is 7.80. The van der Waals surface area contributed by atoms with Crippen molar-refractivity contribution in [1.29, 1.82) is 0 Å². The van der Waals surface area contributed by atoms with E-state index in [1.807, 2.05) is 54.6 Å². The first kappa shape index (κ1) is 19.8. The maximum absolute atomic E-state index is 6.01. The molecule has 3 nitrogen and oxygen atoms in total. The van der Waals surface area contributed by atoms with Gasteiger partial charge in [-0.1, -0.05) is 74.4 Å². The van der Waals surface area contributed by atoms with Crippen LogP contribution in [0.4, 0.5) is 5.69 Å². The van der Waals surface area contributed by atoms with Crippen molar-refractivity contribution in [3.05, 3.63) is 90.0 Å². The Morgan fingerprint density at radius 3 is 2.25 bits per heavy atom. The summed E-state index contributed by atoms with van der Waals surface area (Å²) in [5.74, 6) is 1.80. The molecule has 0 saturated carbocycles. The van der Waals surface area contributed by atoms with Gasteiger partial charge in [-0.25, -0.2) is 0 Å². The fourth-order valence-corrected chi connectivity index (χ4v) is 2.92. The van der Waals surface area contributed by atoms with Gasteiger partial charge in [-0.05, 0) is 41.8 Å². The quantitative estimate of drug-likeness (QED) is 0.391. The van der Waals surface area contributed by atoms with E-state index in [4.69, 9.17) is 9.47 Å². The smallest absolute Gasteiger partial charge is 0.142 e. The molecule has 28 heavy (non-hydrogen) atoms. The third-order valence-electron chi connectivity index (χ3n) is 4.55. The van der Waals surface area contributed by atoms with Gasteiger partial charge in [0.2, 0.25) is 0 Å². The van der Waals surface area contributed by atoms with Crippen LogP contribution in [0.25, 0.3) is 0 Å². The summed E-state index contributed by atoms with van der Waals surface area (Å²) in [7, 11) is 0. The van der Waals surface area contributed by atoms with Crippen molar-refractivity contribution in [2.24, 2.45) is 0 Å². The number of ether oxygens (including phenoxy) is 2. The normalized spacial score (nSPS) is 10.5. The summed E-state index contributed by atoms with van der Waals surface area (Å²) in [6.07, 6.45) is 3.54. The lowest BCUT2D eigenvalue weighted by Gasteiger charge is -2.14. The maximum Gasteiger partial charge on any atom is 0.142 e. The highest BCUT2D eigenvalue weighted by atomic mass is 16.5. The number of nitrogens with one attached hydrogen (secondary N) is 1. The zero-order valence-corrected chi connectivity index (χ0v) is 16.6. The second-order valence-electron chi connectivity index (χ2n) is 6.82. The van der Waals surface area contributed by atoms with Crippen LogP contribution >= 0.6 is 0 Å². The summed E-state index contributed by atoms with van der Waals surface area (Å²) < 4.78 is 11.8. The average molecular weight is 376 g/mol. The van der Waals surface area contributed by atoms with Crippen molar-refractivity contribution < 1.29 is 9.47 Å². The molecule has 3 rings (SSSR count). The first-order valence-electron chi connectivity index (χ1n) is 10.1. The van der Waals surface area contributed by atoms with E-state index < -0.39 is 0 Å². The molecule has 0 aliphatic rings. The molecule has 0 radical (unpaired) electrons. The number of anilines is 1. The predicted octanol–water partition coefficient (Wildman–Crippen LogP) is 6.45. The molecule has 3 heteroatoms. The van der Waals surface area contributed by atoms with Crippen molar-refractivity contribution in [2.45, 2.75) is 39.3 Å². The Labute approximate surface area is 168 Å². The van der Waals surface area contributed by atoms with E-state index in [1.54, 1.807) is 0 Å². The average Bonchev–Trinajstić information content (AvgIpc) is 2.76. The van der Waals surface area contributed by atoms with Crippen LogP contribution in [-0.2, 0) is 13.2 Å². The standard InChI is InChI=1S/C25H29NO2/c1-2-3-9-18-27-23-16-14-21(15-17-23)19-26-24-12-7-8-13-25(24)28-20-22-10-5-4-6-11-22/h4-8,10-17,26H,2-3,9,18-20H2,1H3. The van der Waals surface area contributed by atoms with Gasteiger partial charge in [0, 0.05) is 6.54 Å². The van der Waals surface area contributed by atoms with Crippen molar-refractivity contribution in [2.75, 3.05) is 11.9 Å². The number of para-hydroxylation sites is 2. The maximum atomic E-state index is 6.01. The van der Waals surface area contributed by atoms with Gasteiger partial charge in [-0.3, -0.25) is 0 Å². The van der Waals surface area contributed by atoms with E-state index in [0.29, 0.717) is 6.61 Å². The summed E-state index contributed by atoms with van der Waals surface area (Å²) in [5.41, 5.74) is 3.36. The lowest BCUT2D eigenvalue weighted by Crippen LogP contribution is -2.03. The summed E-state index contributed by atoms with van der Waals surface area (Å²) in [6, 6.07) is 26.6. The number of rotatable bonds is 11. The second kappa shape index (κ2) is 11.0. The van der Waals surface area contributed by atoms with Crippen LogP contribution in [0, 0.1) is 0 Å². The Morgan fingerprint density at radius 2 is 1.46 bits per heavy atom. The molecule has 0 bridgehead atoms. The Balaban J connectivity index is 1.51. The van der Waals surface area contributed by atoms with E-state index in [-0.39, 0.29) is 0 Å². The minimum atomic E-state index is 0.559. The number of unbranched alkanes of at least 4 members (excludes halogenated alkanes) is 2. The highest BCUT2D eigenvalue weighted by Crippen LogP contribution is 2.25.